The summed E-state index contributed by atoms with van der Waals surface area (Å²) in [6.45, 7) is 5.33. The third-order valence-electron chi connectivity index (χ3n) is 4.42. The minimum absolute atomic E-state index is 0.183. The van der Waals surface area contributed by atoms with Gasteiger partial charge >= 0.3 is 0 Å². The number of hydrogen-bond donors (Lipinski definition) is 0. The number of nitrogens with zero attached hydrogens (tertiary/aromatic N) is 2. The zero-order chi connectivity index (χ0) is 15.9. The zero-order valence-corrected chi connectivity index (χ0v) is 13.4. The van der Waals surface area contributed by atoms with E-state index in [4.69, 9.17) is 0 Å². The Hall–Kier alpha value is -1.78. The van der Waals surface area contributed by atoms with Crippen LogP contribution in [-0.2, 0) is 9.53 Å². The maximum atomic E-state index is 14.5. The van der Waals surface area contributed by atoms with Crippen molar-refractivity contribution in [2.75, 3.05) is 43.1 Å². The molecular formula is C17H25FN2O2. The number of halogens is 1. The molecule has 0 radical (unpaired) electrons. The Morgan fingerprint density at radius 1 is 1.50 bits per heavy atom. The van der Waals surface area contributed by atoms with Crippen LogP contribution >= 0.6 is 0 Å². The second-order valence-corrected chi connectivity index (χ2v) is 5.89. The third-order valence-corrected chi connectivity index (χ3v) is 4.42. The zero-order valence-electron chi connectivity index (χ0n) is 13.4. The van der Waals surface area contributed by atoms with Crippen molar-refractivity contribution in [1.29, 1.82) is 0 Å². The van der Waals surface area contributed by atoms with Crippen molar-refractivity contribution >= 4 is 17.8 Å². The summed E-state index contributed by atoms with van der Waals surface area (Å²) in [5, 5.41) is 0. The van der Waals surface area contributed by atoms with E-state index in [1.54, 1.807) is 6.07 Å². The lowest BCUT2D eigenvalue weighted by molar-refractivity contribution is -0.128. The largest absolute Gasteiger partial charge is 0.466 e. The van der Waals surface area contributed by atoms with Crippen molar-refractivity contribution in [1.82, 2.24) is 0 Å². The summed E-state index contributed by atoms with van der Waals surface area (Å²) in [6, 6.07) is 5.35. The molecule has 22 heavy (non-hydrogen) atoms. The second-order valence-electron chi connectivity index (χ2n) is 5.89. The Morgan fingerprint density at radius 3 is 3.00 bits per heavy atom. The molecular weight excluding hydrogens is 283 g/mol. The predicted molar refractivity (Wildman–Crippen MR) is 86.9 cm³/mol. The van der Waals surface area contributed by atoms with Gasteiger partial charge < -0.3 is 14.5 Å². The highest BCUT2D eigenvalue weighted by molar-refractivity contribution is 5.57. The Kier molecular flexibility index (Phi) is 6.04. The van der Waals surface area contributed by atoms with Gasteiger partial charge in [-0.25, -0.2) is 4.39 Å². The van der Waals surface area contributed by atoms with Crippen molar-refractivity contribution in [2.45, 2.75) is 26.2 Å². The van der Waals surface area contributed by atoms with Crippen LogP contribution in [0.1, 0.15) is 26.2 Å². The van der Waals surface area contributed by atoms with E-state index in [1.807, 2.05) is 24.1 Å². The standard InChI is InChI=1S/C17H25FN2O2/c1-3-14-5-4-8-20(12-14)17-7-6-15(11-16(17)18)19(2)9-10-22-13-21/h6-7,11,13-14H,3-5,8-10,12H2,1-2H3. The number of likely N-dealkylation sites (N-methyl/N-ethyl adjacent to an activating group) is 1. The van der Waals surface area contributed by atoms with Gasteiger partial charge in [0, 0.05) is 25.8 Å². The third kappa shape index (κ3) is 4.12. The van der Waals surface area contributed by atoms with E-state index in [0.717, 1.165) is 31.6 Å². The van der Waals surface area contributed by atoms with Crippen LogP contribution in [-0.4, -0.2) is 39.8 Å². The van der Waals surface area contributed by atoms with Crippen molar-refractivity contribution in [3.05, 3.63) is 24.0 Å². The maximum Gasteiger partial charge on any atom is 0.293 e. The molecule has 1 aromatic carbocycles. The lowest BCUT2D eigenvalue weighted by atomic mass is 9.95. The van der Waals surface area contributed by atoms with E-state index in [2.05, 4.69) is 16.6 Å². The van der Waals surface area contributed by atoms with Crippen LogP contribution in [0.25, 0.3) is 0 Å². The van der Waals surface area contributed by atoms with Crippen molar-refractivity contribution in [3.63, 3.8) is 0 Å². The minimum atomic E-state index is -0.183. The van der Waals surface area contributed by atoms with Gasteiger partial charge in [-0.3, -0.25) is 4.79 Å². The van der Waals surface area contributed by atoms with Gasteiger partial charge in [-0.2, -0.15) is 0 Å². The van der Waals surface area contributed by atoms with Gasteiger partial charge in [0.25, 0.3) is 6.47 Å². The summed E-state index contributed by atoms with van der Waals surface area (Å²) in [7, 11) is 1.86. The SMILES string of the molecule is CCC1CCCN(c2ccc(N(C)CCOC=O)cc2F)C1. The summed E-state index contributed by atoms with van der Waals surface area (Å²) in [4.78, 5) is 14.2. The molecule has 1 unspecified atom stereocenters. The van der Waals surface area contributed by atoms with E-state index >= 15 is 0 Å². The molecule has 0 amide bonds. The van der Waals surface area contributed by atoms with Gasteiger partial charge in [0.1, 0.15) is 12.4 Å². The van der Waals surface area contributed by atoms with E-state index < -0.39 is 0 Å². The van der Waals surface area contributed by atoms with Crippen LogP contribution < -0.4 is 9.80 Å². The monoisotopic (exact) mass is 308 g/mol. The van der Waals surface area contributed by atoms with Crippen LogP contribution in [0.3, 0.4) is 0 Å². The van der Waals surface area contributed by atoms with Gasteiger partial charge in [0.05, 0.1) is 12.2 Å². The van der Waals surface area contributed by atoms with Crippen LogP contribution in [0.2, 0.25) is 0 Å². The summed E-state index contributed by atoms with van der Waals surface area (Å²) >= 11 is 0. The molecule has 1 aliphatic rings. The van der Waals surface area contributed by atoms with Crippen molar-refractivity contribution < 1.29 is 13.9 Å². The topological polar surface area (TPSA) is 32.8 Å². The number of carbonyl (C=O) groups excluding carboxylic acids is 1. The molecule has 5 heteroatoms. The lowest BCUT2D eigenvalue weighted by Gasteiger charge is -2.34. The number of piperidine rings is 1. The number of hydrogen-bond acceptors (Lipinski definition) is 4. The first-order valence-corrected chi connectivity index (χ1v) is 7.96. The molecule has 122 valence electrons. The van der Waals surface area contributed by atoms with Gasteiger partial charge in [0.2, 0.25) is 0 Å². The quantitative estimate of drug-likeness (QED) is 0.572. The van der Waals surface area contributed by atoms with Crippen LogP contribution in [0.15, 0.2) is 18.2 Å². The molecule has 4 nitrogen and oxygen atoms in total. The highest BCUT2D eigenvalue weighted by atomic mass is 19.1. The average Bonchev–Trinajstić information content (AvgIpc) is 2.55. The van der Waals surface area contributed by atoms with Gasteiger partial charge in [-0.1, -0.05) is 13.3 Å². The Labute approximate surface area is 131 Å². The Morgan fingerprint density at radius 2 is 2.32 bits per heavy atom. The molecule has 2 rings (SSSR count). The smallest absolute Gasteiger partial charge is 0.293 e. The first kappa shape index (κ1) is 16.6. The van der Waals surface area contributed by atoms with E-state index in [0.29, 0.717) is 31.2 Å². The lowest BCUT2D eigenvalue weighted by Crippen LogP contribution is -2.35. The van der Waals surface area contributed by atoms with E-state index in [1.165, 1.54) is 6.42 Å². The fourth-order valence-corrected chi connectivity index (χ4v) is 2.97. The minimum Gasteiger partial charge on any atom is -0.466 e. The molecule has 1 fully saturated rings. The van der Waals surface area contributed by atoms with Crippen LogP contribution in [0.4, 0.5) is 15.8 Å². The van der Waals surface area contributed by atoms with Gasteiger partial charge in [0.15, 0.2) is 0 Å². The molecule has 0 N–H and O–H groups in total. The first-order chi connectivity index (χ1) is 10.7. The van der Waals surface area contributed by atoms with Crippen molar-refractivity contribution in [3.8, 4) is 0 Å². The number of rotatable bonds is 7. The molecule has 1 atom stereocenters. The van der Waals surface area contributed by atoms with E-state index in [-0.39, 0.29) is 5.82 Å². The first-order valence-electron chi connectivity index (χ1n) is 7.96. The van der Waals surface area contributed by atoms with Crippen LogP contribution in [0.5, 0.6) is 0 Å². The molecule has 1 saturated heterocycles. The molecule has 0 spiro atoms. The number of carbonyl (C=O) groups is 1. The molecule has 0 saturated carbocycles. The average molecular weight is 308 g/mol. The summed E-state index contributed by atoms with van der Waals surface area (Å²) < 4.78 is 19.1. The number of benzene rings is 1. The normalized spacial score (nSPS) is 18.1. The highest BCUT2D eigenvalue weighted by Crippen LogP contribution is 2.29. The van der Waals surface area contributed by atoms with Gasteiger partial charge in [-0.05, 0) is 37.0 Å². The summed E-state index contributed by atoms with van der Waals surface area (Å²) in [5.74, 6) is 0.480. The second kappa shape index (κ2) is 8.01. The van der Waals surface area contributed by atoms with E-state index in [9.17, 15) is 9.18 Å². The summed E-state index contributed by atoms with van der Waals surface area (Å²) in [5.41, 5.74) is 1.49. The van der Waals surface area contributed by atoms with Crippen molar-refractivity contribution in [2.24, 2.45) is 5.92 Å². The molecule has 0 aliphatic carbocycles. The fraction of sp³-hybridized carbons (Fsp3) is 0.588. The molecule has 1 aromatic rings. The molecule has 1 aliphatic heterocycles. The maximum absolute atomic E-state index is 14.5. The van der Waals surface area contributed by atoms with Gasteiger partial charge in [-0.15, -0.1) is 0 Å². The molecule has 1 heterocycles. The molecule has 0 bridgehead atoms. The Balaban J connectivity index is 2.04. The predicted octanol–water partition coefficient (Wildman–Crippen LogP) is 3.06. The fourth-order valence-electron chi connectivity index (χ4n) is 2.97. The van der Waals surface area contributed by atoms with Crippen LogP contribution in [0, 0.1) is 11.7 Å². The highest BCUT2D eigenvalue weighted by Gasteiger charge is 2.21. The molecule has 0 aromatic heterocycles. The summed E-state index contributed by atoms with van der Waals surface area (Å²) in [6.07, 6.45) is 3.52. The number of anilines is 2. The Bertz CT molecular complexity index is 496. The number of ether oxygens (including phenoxy) is 1.